The standard InChI is InChI=1S/C13H11ClN2O4S/c1-9-7-10(14)5-6-13(9)21(19,20)15-11-3-2-4-12(8-11)16(17)18/h2-8,15H,1H3. The highest BCUT2D eigenvalue weighted by atomic mass is 35.5. The molecule has 6 nitrogen and oxygen atoms in total. The predicted molar refractivity (Wildman–Crippen MR) is 80.1 cm³/mol. The molecule has 2 aromatic rings. The van der Waals surface area contributed by atoms with Gasteiger partial charge in [-0.05, 0) is 36.8 Å². The minimum atomic E-state index is -3.83. The number of hydrogen-bond donors (Lipinski definition) is 1. The summed E-state index contributed by atoms with van der Waals surface area (Å²) >= 11 is 5.79. The Kier molecular flexibility index (Phi) is 4.15. The maximum Gasteiger partial charge on any atom is 0.271 e. The first-order chi connectivity index (χ1) is 9.79. The highest BCUT2D eigenvalue weighted by Gasteiger charge is 2.18. The van der Waals surface area contributed by atoms with Gasteiger partial charge < -0.3 is 0 Å². The summed E-state index contributed by atoms with van der Waals surface area (Å²) in [5.41, 5.74) is 0.419. The molecule has 0 bridgehead atoms. The van der Waals surface area contributed by atoms with E-state index in [-0.39, 0.29) is 16.3 Å². The fourth-order valence-corrected chi connectivity index (χ4v) is 3.31. The Morgan fingerprint density at radius 1 is 1.19 bits per heavy atom. The molecule has 0 unspecified atom stereocenters. The van der Waals surface area contributed by atoms with Crippen LogP contribution in [0.4, 0.5) is 11.4 Å². The molecule has 0 atom stereocenters. The third kappa shape index (κ3) is 3.50. The van der Waals surface area contributed by atoms with Crippen LogP contribution >= 0.6 is 11.6 Å². The Hall–Kier alpha value is -2.12. The molecule has 21 heavy (non-hydrogen) atoms. The topological polar surface area (TPSA) is 89.3 Å². The van der Waals surface area contributed by atoms with E-state index in [1.165, 1.54) is 36.4 Å². The number of nitrogens with one attached hydrogen (secondary N) is 1. The molecule has 110 valence electrons. The van der Waals surface area contributed by atoms with Crippen molar-refractivity contribution in [3.8, 4) is 0 Å². The number of benzene rings is 2. The molecule has 1 N–H and O–H groups in total. The van der Waals surface area contributed by atoms with Crippen molar-refractivity contribution in [1.29, 1.82) is 0 Å². The second kappa shape index (κ2) is 5.71. The molecule has 0 aliphatic carbocycles. The van der Waals surface area contributed by atoms with Crippen LogP contribution in [0.3, 0.4) is 0 Å². The van der Waals surface area contributed by atoms with Gasteiger partial charge in [0, 0.05) is 17.2 Å². The summed E-state index contributed by atoms with van der Waals surface area (Å²) in [5, 5.41) is 11.1. The Bertz CT molecular complexity index is 806. The van der Waals surface area contributed by atoms with Gasteiger partial charge in [0.25, 0.3) is 15.7 Å². The summed E-state index contributed by atoms with van der Waals surface area (Å²) < 4.78 is 26.9. The zero-order valence-electron chi connectivity index (χ0n) is 10.9. The minimum absolute atomic E-state index is 0.0680. The van der Waals surface area contributed by atoms with Gasteiger partial charge >= 0.3 is 0 Å². The van der Waals surface area contributed by atoms with Gasteiger partial charge in [-0.25, -0.2) is 8.42 Å². The number of rotatable bonds is 4. The number of nitro groups is 1. The van der Waals surface area contributed by atoms with Crippen LogP contribution in [-0.2, 0) is 10.0 Å². The van der Waals surface area contributed by atoms with Crippen LogP contribution in [0.15, 0.2) is 47.4 Å². The average Bonchev–Trinajstić information content (AvgIpc) is 2.37. The highest BCUT2D eigenvalue weighted by Crippen LogP contribution is 2.24. The molecule has 0 radical (unpaired) electrons. The van der Waals surface area contributed by atoms with E-state index in [0.717, 1.165) is 6.07 Å². The SMILES string of the molecule is Cc1cc(Cl)ccc1S(=O)(=O)Nc1cccc([N+](=O)[O-])c1. The second-order valence-corrected chi connectivity index (χ2v) is 6.41. The van der Waals surface area contributed by atoms with Crippen molar-refractivity contribution in [3.05, 3.63) is 63.2 Å². The van der Waals surface area contributed by atoms with E-state index in [1.54, 1.807) is 6.92 Å². The van der Waals surface area contributed by atoms with Crippen molar-refractivity contribution >= 4 is 33.0 Å². The van der Waals surface area contributed by atoms with E-state index in [9.17, 15) is 18.5 Å². The quantitative estimate of drug-likeness (QED) is 0.689. The number of sulfonamides is 1. The molecule has 2 aromatic carbocycles. The van der Waals surface area contributed by atoms with Crippen molar-refractivity contribution in [1.82, 2.24) is 0 Å². The second-order valence-electron chi connectivity index (χ2n) is 4.32. The van der Waals surface area contributed by atoms with Gasteiger partial charge in [0.05, 0.1) is 15.5 Å². The highest BCUT2D eigenvalue weighted by molar-refractivity contribution is 7.92. The maximum absolute atomic E-state index is 12.3. The largest absolute Gasteiger partial charge is 0.279 e. The van der Waals surface area contributed by atoms with Gasteiger partial charge in [0.15, 0.2) is 0 Å². The molecule has 2 rings (SSSR count). The minimum Gasteiger partial charge on any atom is -0.279 e. The number of hydrogen-bond acceptors (Lipinski definition) is 4. The van der Waals surface area contributed by atoms with E-state index < -0.39 is 14.9 Å². The molecule has 0 aliphatic heterocycles. The van der Waals surface area contributed by atoms with E-state index in [4.69, 9.17) is 11.6 Å². The lowest BCUT2D eigenvalue weighted by Crippen LogP contribution is -2.14. The van der Waals surface area contributed by atoms with Crippen LogP contribution in [0.1, 0.15) is 5.56 Å². The maximum atomic E-state index is 12.3. The zero-order valence-corrected chi connectivity index (χ0v) is 12.5. The number of nitro benzene ring substituents is 1. The molecule has 0 spiro atoms. The Morgan fingerprint density at radius 3 is 2.52 bits per heavy atom. The first-order valence-electron chi connectivity index (χ1n) is 5.83. The van der Waals surface area contributed by atoms with Gasteiger partial charge in [0.1, 0.15) is 0 Å². The average molecular weight is 327 g/mol. The number of nitrogens with zero attached hydrogens (tertiary/aromatic N) is 1. The van der Waals surface area contributed by atoms with E-state index >= 15 is 0 Å². The lowest BCUT2D eigenvalue weighted by Gasteiger charge is -2.10. The third-order valence-corrected chi connectivity index (χ3v) is 4.51. The van der Waals surface area contributed by atoms with Crippen molar-refractivity contribution in [2.24, 2.45) is 0 Å². The van der Waals surface area contributed by atoms with Gasteiger partial charge in [0.2, 0.25) is 0 Å². The molecular formula is C13H11ClN2O4S. The van der Waals surface area contributed by atoms with E-state index in [1.807, 2.05) is 0 Å². The first kappa shape index (κ1) is 15.3. The lowest BCUT2D eigenvalue weighted by molar-refractivity contribution is -0.384. The van der Waals surface area contributed by atoms with Crippen LogP contribution in [-0.4, -0.2) is 13.3 Å². The molecule has 0 aliphatic rings. The fourth-order valence-electron chi connectivity index (χ4n) is 1.81. The van der Waals surface area contributed by atoms with Crippen LogP contribution in [0.25, 0.3) is 0 Å². The number of anilines is 1. The predicted octanol–water partition coefficient (Wildman–Crippen LogP) is 3.36. The van der Waals surface area contributed by atoms with Crippen LogP contribution < -0.4 is 4.72 Å². The Morgan fingerprint density at radius 2 is 1.90 bits per heavy atom. The summed E-state index contributed by atoms with van der Waals surface area (Å²) in [6, 6.07) is 9.67. The molecule has 0 amide bonds. The fraction of sp³-hybridized carbons (Fsp3) is 0.0769. The molecule has 0 saturated heterocycles. The van der Waals surface area contributed by atoms with E-state index in [2.05, 4.69) is 4.72 Å². The lowest BCUT2D eigenvalue weighted by atomic mass is 10.2. The molecule has 0 aromatic heterocycles. The zero-order chi connectivity index (χ0) is 15.6. The van der Waals surface area contributed by atoms with Gasteiger partial charge in [-0.1, -0.05) is 17.7 Å². The number of aryl methyl sites for hydroxylation is 1. The van der Waals surface area contributed by atoms with Gasteiger partial charge in [-0.3, -0.25) is 14.8 Å². The van der Waals surface area contributed by atoms with Crippen molar-refractivity contribution in [3.63, 3.8) is 0 Å². The number of non-ortho nitro benzene ring substituents is 1. The third-order valence-electron chi connectivity index (χ3n) is 2.74. The summed E-state index contributed by atoms with van der Waals surface area (Å²) in [6.45, 7) is 1.62. The smallest absolute Gasteiger partial charge is 0.271 e. The van der Waals surface area contributed by atoms with Crippen LogP contribution in [0.5, 0.6) is 0 Å². The molecule has 0 fully saturated rings. The van der Waals surface area contributed by atoms with Crippen molar-refractivity contribution in [2.45, 2.75) is 11.8 Å². The number of halogens is 1. The Labute approximate surface area is 126 Å². The normalized spacial score (nSPS) is 11.1. The van der Waals surface area contributed by atoms with E-state index in [0.29, 0.717) is 10.6 Å². The van der Waals surface area contributed by atoms with Crippen LogP contribution in [0.2, 0.25) is 5.02 Å². The summed E-state index contributed by atoms with van der Waals surface area (Å²) in [4.78, 5) is 10.2. The van der Waals surface area contributed by atoms with Gasteiger partial charge in [-0.2, -0.15) is 0 Å². The summed E-state index contributed by atoms with van der Waals surface area (Å²) in [6.07, 6.45) is 0. The summed E-state index contributed by atoms with van der Waals surface area (Å²) in [7, 11) is -3.83. The monoisotopic (exact) mass is 326 g/mol. The molecule has 8 heteroatoms. The van der Waals surface area contributed by atoms with Crippen molar-refractivity contribution < 1.29 is 13.3 Å². The van der Waals surface area contributed by atoms with Crippen molar-refractivity contribution in [2.75, 3.05) is 4.72 Å². The van der Waals surface area contributed by atoms with Crippen LogP contribution in [0, 0.1) is 17.0 Å². The molecule has 0 saturated carbocycles. The van der Waals surface area contributed by atoms with Gasteiger partial charge in [-0.15, -0.1) is 0 Å². The summed E-state index contributed by atoms with van der Waals surface area (Å²) in [5.74, 6) is 0. The first-order valence-corrected chi connectivity index (χ1v) is 7.69. The molecular weight excluding hydrogens is 316 g/mol. The Balaban J connectivity index is 2.37. The molecule has 0 heterocycles.